The van der Waals surface area contributed by atoms with Gasteiger partial charge in [-0.2, -0.15) is 0 Å². The smallest absolute Gasteiger partial charge is 0.248 e. The highest BCUT2D eigenvalue weighted by Gasteiger charge is 2.27. The highest BCUT2D eigenvalue weighted by molar-refractivity contribution is 5.79. The lowest BCUT2D eigenvalue weighted by atomic mass is 9.88. The molecule has 1 N–H and O–H groups in total. The van der Waals surface area contributed by atoms with Crippen molar-refractivity contribution < 1.29 is 14.3 Å². The lowest BCUT2D eigenvalue weighted by Gasteiger charge is -2.34. The monoisotopic (exact) mass is 324 g/mol. The molecular formula is C18H32N2O3. The number of carbonyl (C=O) groups excluding carboxylic acids is 2. The minimum atomic E-state index is 0.0144. The van der Waals surface area contributed by atoms with Gasteiger partial charge in [0.15, 0.2) is 0 Å². The fraction of sp³-hybridized carbons (Fsp3) is 0.889. The van der Waals surface area contributed by atoms with Crippen molar-refractivity contribution in [1.82, 2.24) is 10.2 Å². The summed E-state index contributed by atoms with van der Waals surface area (Å²) in [5, 5.41) is 3.06. The third-order valence-corrected chi connectivity index (χ3v) is 5.17. The van der Waals surface area contributed by atoms with Gasteiger partial charge in [-0.15, -0.1) is 0 Å². The van der Waals surface area contributed by atoms with Gasteiger partial charge in [0.05, 0.1) is 6.10 Å². The summed E-state index contributed by atoms with van der Waals surface area (Å²) in [5.41, 5.74) is 0. The SMILES string of the molecule is CC(C)C(=O)NC1CCN(C(=O)COC2CCCCC2C)CC1. The van der Waals surface area contributed by atoms with Gasteiger partial charge in [-0.25, -0.2) is 0 Å². The van der Waals surface area contributed by atoms with E-state index in [1.165, 1.54) is 19.3 Å². The van der Waals surface area contributed by atoms with Gasteiger partial charge in [0.2, 0.25) is 11.8 Å². The number of nitrogens with zero attached hydrogens (tertiary/aromatic N) is 1. The maximum absolute atomic E-state index is 12.3. The molecule has 23 heavy (non-hydrogen) atoms. The number of nitrogens with one attached hydrogen (secondary N) is 1. The first-order valence-electron chi connectivity index (χ1n) is 9.17. The van der Waals surface area contributed by atoms with Gasteiger partial charge in [0.1, 0.15) is 6.61 Å². The Labute approximate surface area is 140 Å². The van der Waals surface area contributed by atoms with Crippen molar-refractivity contribution in [2.45, 2.75) is 71.4 Å². The predicted octanol–water partition coefficient (Wildman–Crippen LogP) is 2.34. The summed E-state index contributed by atoms with van der Waals surface area (Å²) in [5.74, 6) is 0.773. The molecule has 0 aromatic heterocycles. The van der Waals surface area contributed by atoms with Crippen LogP contribution in [0.2, 0.25) is 0 Å². The first-order chi connectivity index (χ1) is 11.0. The third-order valence-electron chi connectivity index (χ3n) is 5.17. The summed E-state index contributed by atoms with van der Waals surface area (Å²) >= 11 is 0. The second-order valence-electron chi connectivity index (χ2n) is 7.43. The molecule has 0 aromatic carbocycles. The zero-order valence-electron chi connectivity index (χ0n) is 14.8. The number of piperidine rings is 1. The van der Waals surface area contributed by atoms with E-state index in [0.717, 1.165) is 19.3 Å². The van der Waals surface area contributed by atoms with E-state index in [-0.39, 0.29) is 36.5 Å². The molecule has 5 nitrogen and oxygen atoms in total. The lowest BCUT2D eigenvalue weighted by Crippen LogP contribution is -2.48. The molecule has 1 heterocycles. The van der Waals surface area contributed by atoms with Crippen molar-refractivity contribution in [2.24, 2.45) is 11.8 Å². The van der Waals surface area contributed by atoms with Crippen LogP contribution in [0.3, 0.4) is 0 Å². The highest BCUT2D eigenvalue weighted by Crippen LogP contribution is 2.26. The normalized spacial score (nSPS) is 26.3. The molecule has 0 aromatic rings. The Morgan fingerprint density at radius 2 is 1.78 bits per heavy atom. The fourth-order valence-corrected chi connectivity index (χ4v) is 3.44. The topological polar surface area (TPSA) is 58.6 Å². The Morgan fingerprint density at radius 1 is 1.13 bits per heavy atom. The fourth-order valence-electron chi connectivity index (χ4n) is 3.44. The Bertz CT molecular complexity index is 403. The molecule has 2 rings (SSSR count). The van der Waals surface area contributed by atoms with E-state index >= 15 is 0 Å². The molecular weight excluding hydrogens is 292 g/mol. The average Bonchev–Trinajstić information content (AvgIpc) is 2.54. The van der Waals surface area contributed by atoms with Gasteiger partial charge in [-0.3, -0.25) is 9.59 Å². The van der Waals surface area contributed by atoms with Crippen LogP contribution in [0.1, 0.15) is 59.3 Å². The van der Waals surface area contributed by atoms with Crippen LogP contribution < -0.4 is 5.32 Å². The molecule has 0 spiro atoms. The molecule has 2 fully saturated rings. The average molecular weight is 324 g/mol. The van der Waals surface area contributed by atoms with Crippen molar-refractivity contribution in [3.05, 3.63) is 0 Å². The summed E-state index contributed by atoms with van der Waals surface area (Å²) < 4.78 is 5.87. The molecule has 5 heteroatoms. The van der Waals surface area contributed by atoms with Crippen LogP contribution in [0.25, 0.3) is 0 Å². The van der Waals surface area contributed by atoms with Crippen molar-refractivity contribution in [3.8, 4) is 0 Å². The second kappa shape index (κ2) is 8.67. The standard InChI is InChI=1S/C18H32N2O3/c1-13(2)18(22)19-15-8-10-20(11-9-15)17(21)12-23-16-7-5-4-6-14(16)3/h13-16H,4-12H2,1-3H3,(H,19,22). The maximum Gasteiger partial charge on any atom is 0.248 e. The van der Waals surface area contributed by atoms with Crippen LogP contribution in [0.5, 0.6) is 0 Å². The van der Waals surface area contributed by atoms with Crippen LogP contribution in [0.15, 0.2) is 0 Å². The first kappa shape index (κ1) is 18.2. The third kappa shape index (κ3) is 5.48. The maximum atomic E-state index is 12.3. The number of amides is 2. The van der Waals surface area contributed by atoms with Crippen molar-refractivity contribution in [3.63, 3.8) is 0 Å². The van der Waals surface area contributed by atoms with Crippen LogP contribution >= 0.6 is 0 Å². The summed E-state index contributed by atoms with van der Waals surface area (Å²) in [6, 6.07) is 0.202. The van der Waals surface area contributed by atoms with Gasteiger partial charge in [-0.05, 0) is 31.6 Å². The molecule has 2 amide bonds. The van der Waals surface area contributed by atoms with E-state index in [1.54, 1.807) is 0 Å². The molecule has 2 unspecified atom stereocenters. The number of likely N-dealkylation sites (tertiary alicyclic amines) is 1. The molecule has 132 valence electrons. The largest absolute Gasteiger partial charge is 0.368 e. The number of ether oxygens (including phenoxy) is 1. The predicted molar refractivity (Wildman–Crippen MR) is 90.0 cm³/mol. The highest BCUT2D eigenvalue weighted by atomic mass is 16.5. The van der Waals surface area contributed by atoms with Crippen molar-refractivity contribution >= 4 is 11.8 Å². The van der Waals surface area contributed by atoms with Gasteiger partial charge < -0.3 is 15.0 Å². The van der Waals surface area contributed by atoms with E-state index in [2.05, 4.69) is 12.2 Å². The van der Waals surface area contributed by atoms with E-state index in [4.69, 9.17) is 4.74 Å². The zero-order valence-corrected chi connectivity index (χ0v) is 14.8. The number of rotatable bonds is 5. The Kier molecular flexibility index (Phi) is 6.88. The Hall–Kier alpha value is -1.10. The number of hydrogen-bond acceptors (Lipinski definition) is 3. The van der Waals surface area contributed by atoms with Crippen LogP contribution in [-0.2, 0) is 14.3 Å². The summed E-state index contributed by atoms with van der Waals surface area (Å²) in [7, 11) is 0. The minimum Gasteiger partial charge on any atom is -0.368 e. The lowest BCUT2D eigenvalue weighted by molar-refractivity contribution is -0.141. The van der Waals surface area contributed by atoms with Crippen LogP contribution in [0.4, 0.5) is 0 Å². The quantitative estimate of drug-likeness (QED) is 0.844. The summed E-state index contributed by atoms with van der Waals surface area (Å²) in [4.78, 5) is 25.9. The number of carbonyl (C=O) groups is 2. The summed E-state index contributed by atoms with van der Waals surface area (Å²) in [6.45, 7) is 7.65. The molecule has 2 aliphatic rings. The van der Waals surface area contributed by atoms with Gasteiger partial charge in [0, 0.05) is 25.0 Å². The van der Waals surface area contributed by atoms with E-state index in [9.17, 15) is 9.59 Å². The minimum absolute atomic E-state index is 0.0144. The molecule has 0 radical (unpaired) electrons. The van der Waals surface area contributed by atoms with Crippen molar-refractivity contribution in [1.29, 1.82) is 0 Å². The van der Waals surface area contributed by atoms with Crippen molar-refractivity contribution in [2.75, 3.05) is 19.7 Å². The Morgan fingerprint density at radius 3 is 2.39 bits per heavy atom. The molecule has 0 bridgehead atoms. The molecule has 2 atom stereocenters. The van der Waals surface area contributed by atoms with Crippen LogP contribution in [-0.4, -0.2) is 48.6 Å². The molecule has 1 saturated heterocycles. The molecule has 1 aliphatic heterocycles. The van der Waals surface area contributed by atoms with E-state index in [1.807, 2.05) is 18.7 Å². The first-order valence-corrected chi connectivity index (χ1v) is 9.17. The second-order valence-corrected chi connectivity index (χ2v) is 7.43. The van der Waals surface area contributed by atoms with E-state index in [0.29, 0.717) is 19.0 Å². The molecule has 1 aliphatic carbocycles. The number of hydrogen-bond donors (Lipinski definition) is 1. The summed E-state index contributed by atoms with van der Waals surface area (Å²) in [6.07, 6.45) is 6.70. The zero-order chi connectivity index (χ0) is 16.8. The van der Waals surface area contributed by atoms with Gasteiger partial charge in [0.25, 0.3) is 0 Å². The molecule has 1 saturated carbocycles. The van der Waals surface area contributed by atoms with Gasteiger partial charge in [-0.1, -0.05) is 33.6 Å². The van der Waals surface area contributed by atoms with E-state index < -0.39 is 0 Å². The Balaban J connectivity index is 1.68. The van der Waals surface area contributed by atoms with Crippen LogP contribution in [0, 0.1) is 11.8 Å². The van der Waals surface area contributed by atoms with Gasteiger partial charge >= 0.3 is 0 Å².